The molecule has 0 bridgehead atoms. The molecule has 0 radical (unpaired) electrons. The van der Waals surface area contributed by atoms with Crippen LogP contribution in [0.2, 0.25) is 0 Å². The minimum absolute atomic E-state index is 0.0303. The van der Waals surface area contributed by atoms with Crippen molar-refractivity contribution in [2.24, 2.45) is 5.92 Å². The van der Waals surface area contributed by atoms with Crippen LogP contribution in [0.4, 0.5) is 27.8 Å². The van der Waals surface area contributed by atoms with Crippen LogP contribution in [0, 0.1) is 19.8 Å². The van der Waals surface area contributed by atoms with Crippen LogP contribution in [0.5, 0.6) is 0 Å². The van der Waals surface area contributed by atoms with E-state index in [1.807, 2.05) is 13.0 Å². The molecule has 0 spiro atoms. The van der Waals surface area contributed by atoms with Crippen molar-refractivity contribution in [3.05, 3.63) is 58.5 Å². The maximum atomic E-state index is 14.6. The van der Waals surface area contributed by atoms with Gasteiger partial charge in [-0.3, -0.25) is 9.78 Å². The third-order valence-corrected chi connectivity index (χ3v) is 7.00. The predicted octanol–water partition coefficient (Wildman–Crippen LogP) is 5.83. The number of nitrogens with one attached hydrogen (secondary N) is 1. The van der Waals surface area contributed by atoms with Crippen molar-refractivity contribution < 1.29 is 26.7 Å². The van der Waals surface area contributed by atoms with E-state index in [9.17, 15) is 26.7 Å². The second-order valence-corrected chi connectivity index (χ2v) is 10.2. The summed E-state index contributed by atoms with van der Waals surface area (Å²) >= 11 is 1.25. The van der Waals surface area contributed by atoms with Crippen molar-refractivity contribution in [1.82, 2.24) is 19.9 Å². The van der Waals surface area contributed by atoms with E-state index in [0.717, 1.165) is 16.5 Å². The Bertz CT molecular complexity index is 1230. The van der Waals surface area contributed by atoms with Crippen LogP contribution in [-0.2, 0) is 6.18 Å². The highest BCUT2D eigenvalue weighted by molar-refractivity contribution is 7.15. The molecule has 2 atom stereocenters. The zero-order valence-corrected chi connectivity index (χ0v) is 20.6. The number of nitrogens with zero attached hydrogens (tertiary/aromatic N) is 4. The maximum Gasteiger partial charge on any atom is 0.417 e. The van der Waals surface area contributed by atoms with Gasteiger partial charge in [0.25, 0.3) is 11.8 Å². The molecule has 1 N–H and O–H groups in total. The Labute approximate surface area is 208 Å². The van der Waals surface area contributed by atoms with Gasteiger partial charge in [-0.05, 0) is 43.5 Å². The van der Waals surface area contributed by atoms with Crippen molar-refractivity contribution in [1.29, 1.82) is 0 Å². The lowest BCUT2D eigenvalue weighted by atomic mass is 9.88. The Balaban J connectivity index is 1.60. The number of aromatic nitrogens is 3. The molecule has 1 unspecified atom stereocenters. The molecule has 1 saturated heterocycles. The van der Waals surface area contributed by atoms with Gasteiger partial charge in [0.15, 0.2) is 0 Å². The summed E-state index contributed by atoms with van der Waals surface area (Å²) in [7, 11) is 0. The van der Waals surface area contributed by atoms with Crippen molar-refractivity contribution in [3.8, 4) is 10.6 Å². The molecule has 1 amide bonds. The molecule has 1 fully saturated rings. The second-order valence-electron chi connectivity index (χ2n) is 8.98. The van der Waals surface area contributed by atoms with Crippen molar-refractivity contribution in [2.45, 2.75) is 45.3 Å². The third kappa shape index (κ3) is 5.63. The van der Waals surface area contributed by atoms with Crippen LogP contribution in [0.1, 0.15) is 40.0 Å². The Hall–Kier alpha value is -3.15. The quantitative estimate of drug-likeness (QED) is 0.424. The van der Waals surface area contributed by atoms with E-state index in [2.05, 4.69) is 20.3 Å². The summed E-state index contributed by atoms with van der Waals surface area (Å²) in [6, 6.07) is 4.98. The van der Waals surface area contributed by atoms with Crippen LogP contribution >= 0.6 is 11.3 Å². The van der Waals surface area contributed by atoms with E-state index in [1.165, 1.54) is 17.4 Å². The van der Waals surface area contributed by atoms with Gasteiger partial charge >= 0.3 is 6.18 Å². The number of carbonyl (C=O) groups excluding carboxylic acids is 1. The SMILES string of the molecule is Cc1ccc(-c2sc(C)nc2C(=O)N2CC(F)(F)C[C@@H](C)C2CNc2ccc(C(F)(F)F)cn2)nc1. The average Bonchev–Trinajstić information content (AvgIpc) is 3.19. The number of likely N-dealkylation sites (tertiary alicyclic amines) is 1. The summed E-state index contributed by atoms with van der Waals surface area (Å²) in [4.78, 5) is 27.7. The Morgan fingerprint density at radius 3 is 2.53 bits per heavy atom. The van der Waals surface area contributed by atoms with Crippen LogP contribution in [0.15, 0.2) is 36.7 Å². The van der Waals surface area contributed by atoms with Gasteiger partial charge in [-0.25, -0.2) is 18.7 Å². The molecule has 1 aliphatic rings. The molecule has 0 saturated carbocycles. The molecule has 4 heterocycles. The average molecular weight is 526 g/mol. The molecule has 0 aromatic carbocycles. The first-order chi connectivity index (χ1) is 16.8. The first-order valence-corrected chi connectivity index (χ1v) is 12.0. The van der Waals surface area contributed by atoms with Gasteiger partial charge in [0, 0.05) is 25.4 Å². The number of rotatable bonds is 5. The smallest absolute Gasteiger partial charge is 0.368 e. The topological polar surface area (TPSA) is 71.0 Å². The molecule has 12 heteroatoms. The monoisotopic (exact) mass is 525 g/mol. The number of hydrogen-bond donors (Lipinski definition) is 1. The first-order valence-electron chi connectivity index (χ1n) is 11.2. The molecule has 3 aromatic heterocycles. The Kier molecular flexibility index (Phi) is 7.00. The molecular formula is C24H24F5N5OS. The number of thiazole rings is 1. The molecule has 1 aliphatic heterocycles. The zero-order chi connectivity index (χ0) is 26.3. The number of halogens is 5. The highest BCUT2D eigenvalue weighted by Gasteiger charge is 2.47. The molecule has 0 aliphatic carbocycles. The van der Waals surface area contributed by atoms with E-state index in [4.69, 9.17) is 0 Å². The number of anilines is 1. The maximum absolute atomic E-state index is 14.6. The third-order valence-electron chi connectivity index (χ3n) is 6.00. The van der Waals surface area contributed by atoms with Crippen LogP contribution < -0.4 is 5.32 Å². The number of alkyl halides is 5. The standard InChI is InChI=1S/C24H24F5N5OS/c1-13-4-6-17(30-9-13)21-20(33-15(3)36-21)22(35)34-12-23(25,26)8-14(2)18(34)11-32-19-7-5-16(10-31-19)24(27,28)29/h4-7,9-10,14,18H,8,11-12H2,1-3H3,(H,31,32)/t14-,18?/m1/s1. The summed E-state index contributed by atoms with van der Waals surface area (Å²) in [6.45, 7) is 4.46. The van der Waals surface area contributed by atoms with Gasteiger partial charge in [-0.1, -0.05) is 13.0 Å². The van der Waals surface area contributed by atoms with E-state index in [1.54, 1.807) is 26.1 Å². The largest absolute Gasteiger partial charge is 0.417 e. The number of hydrogen-bond acceptors (Lipinski definition) is 6. The molecule has 6 nitrogen and oxygen atoms in total. The van der Waals surface area contributed by atoms with Gasteiger partial charge < -0.3 is 10.2 Å². The van der Waals surface area contributed by atoms with E-state index >= 15 is 0 Å². The Morgan fingerprint density at radius 1 is 1.17 bits per heavy atom. The van der Waals surface area contributed by atoms with E-state index in [-0.39, 0.29) is 18.1 Å². The van der Waals surface area contributed by atoms with Crippen LogP contribution in [0.25, 0.3) is 10.6 Å². The second kappa shape index (κ2) is 9.72. The van der Waals surface area contributed by atoms with Gasteiger partial charge in [-0.15, -0.1) is 11.3 Å². The fourth-order valence-electron chi connectivity index (χ4n) is 4.24. The fraction of sp³-hybridized carbons (Fsp3) is 0.417. The van der Waals surface area contributed by atoms with Crippen molar-refractivity contribution >= 4 is 23.1 Å². The molecule has 36 heavy (non-hydrogen) atoms. The predicted molar refractivity (Wildman–Crippen MR) is 126 cm³/mol. The summed E-state index contributed by atoms with van der Waals surface area (Å²) in [5, 5.41) is 3.49. The summed E-state index contributed by atoms with van der Waals surface area (Å²) in [5.74, 6) is -4.18. The Morgan fingerprint density at radius 2 is 1.92 bits per heavy atom. The minimum atomic E-state index is -4.52. The number of piperidine rings is 1. The number of aryl methyl sites for hydroxylation is 2. The number of pyridine rings is 2. The zero-order valence-electron chi connectivity index (χ0n) is 19.7. The van der Waals surface area contributed by atoms with Crippen LogP contribution in [0.3, 0.4) is 0 Å². The van der Waals surface area contributed by atoms with E-state index in [0.29, 0.717) is 21.8 Å². The molecule has 3 aromatic rings. The van der Waals surface area contributed by atoms with Crippen molar-refractivity contribution in [3.63, 3.8) is 0 Å². The lowest BCUT2D eigenvalue weighted by Crippen LogP contribution is -2.57. The summed E-state index contributed by atoms with van der Waals surface area (Å²) in [6.07, 6.45) is -2.60. The fourth-order valence-corrected chi connectivity index (χ4v) is 5.13. The molecular weight excluding hydrogens is 501 g/mol. The highest BCUT2D eigenvalue weighted by atomic mass is 32.1. The number of amides is 1. The number of carbonyl (C=O) groups is 1. The molecule has 192 valence electrons. The molecule has 4 rings (SSSR count). The lowest BCUT2D eigenvalue weighted by molar-refractivity contribution is -0.137. The van der Waals surface area contributed by atoms with Crippen molar-refractivity contribution in [2.75, 3.05) is 18.4 Å². The van der Waals surface area contributed by atoms with E-state index < -0.39 is 48.5 Å². The normalized spacial score (nSPS) is 19.8. The summed E-state index contributed by atoms with van der Waals surface area (Å²) in [5.41, 5.74) is 0.610. The van der Waals surface area contributed by atoms with Gasteiger partial charge in [0.1, 0.15) is 11.5 Å². The van der Waals surface area contributed by atoms with Gasteiger partial charge in [0.05, 0.1) is 33.7 Å². The first kappa shape index (κ1) is 25.9. The lowest BCUT2D eigenvalue weighted by Gasteiger charge is -2.43. The highest BCUT2D eigenvalue weighted by Crippen LogP contribution is 2.37. The van der Waals surface area contributed by atoms with Gasteiger partial charge in [0.2, 0.25) is 0 Å². The van der Waals surface area contributed by atoms with Crippen LogP contribution in [-0.4, -0.2) is 50.8 Å². The minimum Gasteiger partial charge on any atom is -0.368 e. The summed E-state index contributed by atoms with van der Waals surface area (Å²) < 4.78 is 67.6. The van der Waals surface area contributed by atoms with Gasteiger partial charge in [-0.2, -0.15) is 13.2 Å².